The molecule has 1 amide bonds. The first-order valence-electron chi connectivity index (χ1n) is 15.2. The van der Waals surface area contributed by atoms with Gasteiger partial charge >= 0.3 is 6.09 Å². The Balaban J connectivity index is 1.27. The van der Waals surface area contributed by atoms with Crippen LogP contribution in [0, 0.1) is 5.92 Å². The van der Waals surface area contributed by atoms with Crippen LogP contribution in [0.25, 0.3) is 0 Å². The molecule has 5 rings (SSSR count). The summed E-state index contributed by atoms with van der Waals surface area (Å²) in [5.41, 5.74) is 2.91. The minimum atomic E-state index is -0.925. The van der Waals surface area contributed by atoms with Gasteiger partial charge < -0.3 is 29.0 Å². The quantitative estimate of drug-likeness (QED) is 0.181. The fraction of sp³-hybridized carbons (Fsp3) is 0.324. The molecule has 0 aliphatic carbocycles. The van der Waals surface area contributed by atoms with Crippen molar-refractivity contribution in [1.82, 2.24) is 4.90 Å². The van der Waals surface area contributed by atoms with E-state index in [2.05, 4.69) is 12.1 Å². The van der Waals surface area contributed by atoms with Crippen molar-refractivity contribution in [3.63, 3.8) is 0 Å². The second kappa shape index (κ2) is 14.9. The van der Waals surface area contributed by atoms with Gasteiger partial charge in [-0.05, 0) is 71.7 Å². The summed E-state index contributed by atoms with van der Waals surface area (Å²) in [6.07, 6.45) is 1.02. The Morgan fingerprint density at radius 2 is 1.27 bits per heavy atom. The molecule has 0 radical (unpaired) electrons. The summed E-state index contributed by atoms with van der Waals surface area (Å²) < 4.78 is 23.3. The highest BCUT2D eigenvalue weighted by molar-refractivity contribution is 5.67. The van der Waals surface area contributed by atoms with E-state index in [1.807, 2.05) is 97.1 Å². The third-order valence-corrected chi connectivity index (χ3v) is 8.45. The molecule has 0 bridgehead atoms. The lowest BCUT2D eigenvalue weighted by molar-refractivity contribution is -0.0218. The number of hydrogen-bond acceptors (Lipinski definition) is 6. The molecule has 1 aliphatic heterocycles. The number of ether oxygens (including phenoxy) is 4. The largest absolute Gasteiger partial charge is 0.497 e. The van der Waals surface area contributed by atoms with Crippen LogP contribution in [-0.2, 0) is 21.7 Å². The highest BCUT2D eigenvalue weighted by Gasteiger charge is 2.38. The third-order valence-electron chi connectivity index (χ3n) is 8.45. The molecule has 1 heterocycles. The number of carbonyl (C=O) groups excluding carboxylic acids is 1. The minimum absolute atomic E-state index is 0.0740. The third kappa shape index (κ3) is 7.24. The van der Waals surface area contributed by atoms with E-state index in [0.717, 1.165) is 33.8 Å². The Kier molecular flexibility index (Phi) is 10.5. The second-order valence-electron chi connectivity index (χ2n) is 11.1. The Morgan fingerprint density at radius 1 is 0.773 bits per heavy atom. The second-order valence-corrected chi connectivity index (χ2v) is 11.1. The van der Waals surface area contributed by atoms with Crippen molar-refractivity contribution in [3.05, 3.63) is 131 Å². The zero-order valence-corrected chi connectivity index (χ0v) is 25.4. The average molecular weight is 596 g/mol. The number of nitrogens with zero attached hydrogens (tertiary/aromatic N) is 1. The summed E-state index contributed by atoms with van der Waals surface area (Å²) in [6.45, 7) is 1.70. The van der Waals surface area contributed by atoms with Crippen molar-refractivity contribution in [2.45, 2.75) is 37.6 Å². The van der Waals surface area contributed by atoms with Gasteiger partial charge in [-0.25, -0.2) is 4.79 Å². The number of carbonyl (C=O) groups is 1. The summed E-state index contributed by atoms with van der Waals surface area (Å²) in [5.74, 6) is 1.59. The van der Waals surface area contributed by atoms with E-state index in [9.17, 15) is 9.90 Å². The number of piperidine rings is 1. The molecule has 0 spiro atoms. The zero-order valence-electron chi connectivity index (χ0n) is 25.4. The molecule has 1 fully saturated rings. The monoisotopic (exact) mass is 595 g/mol. The van der Waals surface area contributed by atoms with Gasteiger partial charge in [0.1, 0.15) is 23.7 Å². The number of hydrogen-bond donors (Lipinski definition) is 1. The molecule has 44 heavy (non-hydrogen) atoms. The zero-order chi connectivity index (χ0) is 30.8. The Labute approximate surface area is 260 Å². The summed E-state index contributed by atoms with van der Waals surface area (Å²) in [6, 6.07) is 35.7. The molecule has 1 saturated heterocycles. The normalized spacial score (nSPS) is 14.6. The molecule has 4 aromatic rings. The van der Waals surface area contributed by atoms with Gasteiger partial charge in [0.2, 0.25) is 0 Å². The molecule has 1 aliphatic rings. The van der Waals surface area contributed by atoms with Crippen LogP contribution in [0.1, 0.15) is 41.5 Å². The molecule has 1 atom stereocenters. The summed E-state index contributed by atoms with van der Waals surface area (Å²) >= 11 is 0. The van der Waals surface area contributed by atoms with Crippen molar-refractivity contribution in [2.75, 3.05) is 33.9 Å². The van der Waals surface area contributed by atoms with Crippen molar-refractivity contribution in [3.8, 4) is 11.5 Å². The number of aliphatic hydroxyl groups is 1. The Morgan fingerprint density at radius 3 is 1.80 bits per heavy atom. The van der Waals surface area contributed by atoms with Crippen LogP contribution in [-0.4, -0.2) is 56.1 Å². The molecule has 7 nitrogen and oxygen atoms in total. The standard InChI is InChI=1S/C37H41NO6/c1-41-33-17-13-31(14-18-33)37(30-11-7-4-8-12-30,32-15-19-34(42-2)20-16-32)44-26-23-35(39)29-21-24-38(25-22-29)36(40)43-27-28-9-5-3-6-10-28/h3-20,29,35,39H,21-27H2,1-2H3. The van der Waals surface area contributed by atoms with Gasteiger partial charge in [-0.3, -0.25) is 0 Å². The maximum absolute atomic E-state index is 12.6. The number of amides is 1. The van der Waals surface area contributed by atoms with E-state index in [1.165, 1.54) is 0 Å². The summed E-state index contributed by atoms with van der Waals surface area (Å²) in [5, 5.41) is 11.2. The average Bonchev–Trinajstić information content (AvgIpc) is 3.10. The first kappa shape index (κ1) is 31.1. The molecule has 0 aromatic heterocycles. The smallest absolute Gasteiger partial charge is 0.410 e. The maximum Gasteiger partial charge on any atom is 0.410 e. The van der Waals surface area contributed by atoms with E-state index in [4.69, 9.17) is 18.9 Å². The van der Waals surface area contributed by atoms with Crippen LogP contribution < -0.4 is 9.47 Å². The lowest BCUT2D eigenvalue weighted by Gasteiger charge is -2.37. The molecular weight excluding hydrogens is 554 g/mol. The molecule has 1 N–H and O–H groups in total. The van der Waals surface area contributed by atoms with Gasteiger partial charge in [0.25, 0.3) is 0 Å². The van der Waals surface area contributed by atoms with Gasteiger partial charge in [0.15, 0.2) is 0 Å². The maximum atomic E-state index is 12.6. The molecule has 1 unspecified atom stereocenters. The van der Waals surface area contributed by atoms with Crippen LogP contribution in [0.3, 0.4) is 0 Å². The Bertz CT molecular complexity index is 1390. The minimum Gasteiger partial charge on any atom is -0.497 e. The fourth-order valence-corrected chi connectivity index (χ4v) is 5.92. The predicted octanol–water partition coefficient (Wildman–Crippen LogP) is 6.81. The number of likely N-dealkylation sites (tertiary alicyclic amines) is 1. The van der Waals surface area contributed by atoms with Crippen LogP contribution in [0.15, 0.2) is 109 Å². The van der Waals surface area contributed by atoms with Gasteiger partial charge in [-0.2, -0.15) is 0 Å². The first-order valence-corrected chi connectivity index (χ1v) is 15.2. The highest BCUT2D eigenvalue weighted by Crippen LogP contribution is 2.42. The molecule has 230 valence electrons. The van der Waals surface area contributed by atoms with E-state index >= 15 is 0 Å². The van der Waals surface area contributed by atoms with E-state index < -0.39 is 11.7 Å². The summed E-state index contributed by atoms with van der Waals surface area (Å²) in [7, 11) is 3.30. The lowest BCUT2D eigenvalue weighted by Crippen LogP contribution is -2.42. The van der Waals surface area contributed by atoms with Crippen LogP contribution in [0.4, 0.5) is 4.79 Å². The molecule has 4 aromatic carbocycles. The van der Waals surface area contributed by atoms with Gasteiger partial charge in [0.05, 0.1) is 26.9 Å². The van der Waals surface area contributed by atoms with Crippen molar-refractivity contribution in [2.24, 2.45) is 5.92 Å². The summed E-state index contributed by atoms with van der Waals surface area (Å²) in [4.78, 5) is 14.4. The van der Waals surface area contributed by atoms with Crippen LogP contribution in [0.2, 0.25) is 0 Å². The van der Waals surface area contributed by atoms with Crippen LogP contribution in [0.5, 0.6) is 11.5 Å². The lowest BCUT2D eigenvalue weighted by atomic mass is 9.80. The van der Waals surface area contributed by atoms with Gasteiger partial charge in [0, 0.05) is 13.1 Å². The SMILES string of the molecule is COc1ccc(C(OCCC(O)C2CCN(C(=O)OCc3ccccc3)CC2)(c2ccccc2)c2ccc(OC)cc2)cc1. The molecule has 0 saturated carbocycles. The molecule has 7 heteroatoms. The van der Waals surface area contributed by atoms with Crippen molar-refractivity contribution >= 4 is 6.09 Å². The fourth-order valence-electron chi connectivity index (χ4n) is 5.92. The van der Waals surface area contributed by atoms with Crippen molar-refractivity contribution < 1.29 is 28.8 Å². The number of rotatable bonds is 12. The van der Waals surface area contributed by atoms with Crippen molar-refractivity contribution in [1.29, 1.82) is 0 Å². The number of benzene rings is 4. The highest BCUT2D eigenvalue weighted by atomic mass is 16.6. The number of aliphatic hydroxyl groups excluding tert-OH is 1. The molecular formula is C37H41NO6. The topological polar surface area (TPSA) is 77.5 Å². The van der Waals surface area contributed by atoms with Gasteiger partial charge in [-0.15, -0.1) is 0 Å². The number of methoxy groups -OCH3 is 2. The van der Waals surface area contributed by atoms with E-state index in [0.29, 0.717) is 39.0 Å². The van der Waals surface area contributed by atoms with Gasteiger partial charge in [-0.1, -0.05) is 84.9 Å². The first-order chi connectivity index (χ1) is 21.5. The predicted molar refractivity (Wildman–Crippen MR) is 170 cm³/mol. The van der Waals surface area contributed by atoms with Crippen LogP contribution >= 0.6 is 0 Å². The Hall–Kier alpha value is -4.33. The van der Waals surface area contributed by atoms with E-state index in [-0.39, 0.29) is 18.6 Å². The van der Waals surface area contributed by atoms with E-state index in [1.54, 1.807) is 19.1 Å².